The van der Waals surface area contributed by atoms with Crippen molar-refractivity contribution in [1.82, 2.24) is 20.1 Å². The lowest BCUT2D eigenvalue weighted by Crippen LogP contribution is -2.09. The van der Waals surface area contributed by atoms with Gasteiger partial charge in [-0.15, -0.1) is 0 Å². The molecule has 0 aliphatic heterocycles. The quantitative estimate of drug-likeness (QED) is 0.409. The molecule has 0 amide bonds. The van der Waals surface area contributed by atoms with Crippen LogP contribution in [0.15, 0.2) is 57.7 Å². The van der Waals surface area contributed by atoms with Crippen LogP contribution in [0.3, 0.4) is 0 Å². The number of nitrogens with zero attached hydrogens (tertiary/aromatic N) is 4. The number of hydrogen-bond acceptors (Lipinski definition) is 8. The van der Waals surface area contributed by atoms with Gasteiger partial charge in [0, 0.05) is 0 Å². The maximum Gasteiger partial charge on any atom is 0.339 e. The first kappa shape index (κ1) is 18.0. The zero-order valence-corrected chi connectivity index (χ0v) is 16.2. The lowest BCUT2D eigenvalue weighted by molar-refractivity contribution is 0.0469. The van der Waals surface area contributed by atoms with Crippen LogP contribution in [0.25, 0.3) is 33.6 Å². The van der Waals surface area contributed by atoms with Crippen molar-refractivity contribution in [2.45, 2.75) is 20.5 Å². The molecule has 5 aromatic rings. The molecule has 0 fully saturated rings. The van der Waals surface area contributed by atoms with Gasteiger partial charge in [0.15, 0.2) is 5.76 Å². The van der Waals surface area contributed by atoms with Gasteiger partial charge >= 0.3 is 5.97 Å². The molecule has 30 heavy (non-hydrogen) atoms. The summed E-state index contributed by atoms with van der Waals surface area (Å²) in [5.41, 5.74) is 4.40. The number of aromatic nitrogens is 4. The van der Waals surface area contributed by atoms with Gasteiger partial charge < -0.3 is 13.7 Å². The molecular formula is C22H16N4O4. The van der Waals surface area contributed by atoms with Crippen LogP contribution in [-0.4, -0.2) is 26.1 Å². The van der Waals surface area contributed by atoms with Gasteiger partial charge in [0.2, 0.25) is 0 Å². The van der Waals surface area contributed by atoms with Crippen molar-refractivity contribution in [3.8, 4) is 11.5 Å². The summed E-state index contributed by atoms with van der Waals surface area (Å²) in [5, 5.41) is 4.44. The third-order valence-corrected chi connectivity index (χ3v) is 4.79. The fourth-order valence-electron chi connectivity index (χ4n) is 3.28. The molecule has 8 nitrogen and oxygen atoms in total. The van der Waals surface area contributed by atoms with E-state index in [-0.39, 0.29) is 12.3 Å². The molecule has 0 bridgehead atoms. The van der Waals surface area contributed by atoms with E-state index in [1.165, 1.54) is 6.26 Å². The van der Waals surface area contributed by atoms with Crippen LogP contribution >= 0.6 is 0 Å². The lowest BCUT2D eigenvalue weighted by atomic mass is 10.1. The molecule has 0 saturated heterocycles. The van der Waals surface area contributed by atoms with Crippen molar-refractivity contribution in [3.05, 3.63) is 71.4 Å². The Bertz CT molecular complexity index is 1390. The van der Waals surface area contributed by atoms with E-state index in [2.05, 4.69) is 20.1 Å². The number of fused-ring (bicyclic) bond motifs is 2. The van der Waals surface area contributed by atoms with E-state index < -0.39 is 5.97 Å². The SMILES string of the molecule is Cc1nc2ccccc2nc1COC(=O)c1cc(-c2ccco2)nc2onc(C)c12. The van der Waals surface area contributed by atoms with Gasteiger partial charge in [-0.2, -0.15) is 0 Å². The first-order valence-corrected chi connectivity index (χ1v) is 9.30. The average molecular weight is 400 g/mol. The molecule has 148 valence electrons. The van der Waals surface area contributed by atoms with Crippen molar-refractivity contribution in [3.63, 3.8) is 0 Å². The molecule has 4 heterocycles. The van der Waals surface area contributed by atoms with Gasteiger partial charge in [-0.1, -0.05) is 17.3 Å². The summed E-state index contributed by atoms with van der Waals surface area (Å²) in [5.74, 6) is -0.0212. The van der Waals surface area contributed by atoms with Crippen LogP contribution in [-0.2, 0) is 11.3 Å². The number of furan rings is 1. The van der Waals surface area contributed by atoms with Crippen LogP contribution in [0.4, 0.5) is 0 Å². The summed E-state index contributed by atoms with van der Waals surface area (Å²) < 4.78 is 16.3. The minimum atomic E-state index is -0.532. The topological polar surface area (TPSA) is 104 Å². The maximum atomic E-state index is 13.0. The minimum Gasteiger partial charge on any atom is -0.463 e. The molecule has 0 atom stereocenters. The lowest BCUT2D eigenvalue weighted by Gasteiger charge is -2.09. The fourth-order valence-corrected chi connectivity index (χ4v) is 3.28. The number of carbonyl (C=O) groups excluding carboxylic acids is 1. The number of rotatable bonds is 4. The number of aryl methyl sites for hydroxylation is 2. The fraction of sp³-hybridized carbons (Fsp3) is 0.136. The van der Waals surface area contributed by atoms with Gasteiger partial charge in [-0.25, -0.2) is 19.7 Å². The van der Waals surface area contributed by atoms with Gasteiger partial charge in [0.05, 0.1) is 45.3 Å². The summed E-state index contributed by atoms with van der Waals surface area (Å²) >= 11 is 0. The molecule has 4 aromatic heterocycles. The smallest absolute Gasteiger partial charge is 0.339 e. The molecule has 0 unspecified atom stereocenters. The van der Waals surface area contributed by atoms with Crippen molar-refractivity contribution in [2.24, 2.45) is 0 Å². The Hall–Kier alpha value is -4.07. The van der Waals surface area contributed by atoms with Crippen molar-refractivity contribution in [1.29, 1.82) is 0 Å². The Kier molecular flexibility index (Phi) is 4.24. The number of ether oxygens (including phenoxy) is 1. The molecule has 0 spiro atoms. The molecule has 5 rings (SSSR count). The van der Waals surface area contributed by atoms with Crippen LogP contribution in [0.2, 0.25) is 0 Å². The number of para-hydroxylation sites is 2. The van der Waals surface area contributed by atoms with E-state index in [4.69, 9.17) is 13.7 Å². The van der Waals surface area contributed by atoms with Crippen molar-refractivity contribution >= 4 is 28.1 Å². The molecule has 0 aliphatic carbocycles. The highest BCUT2D eigenvalue weighted by atomic mass is 16.5. The van der Waals surface area contributed by atoms with E-state index in [9.17, 15) is 4.79 Å². The van der Waals surface area contributed by atoms with E-state index in [0.717, 1.165) is 11.0 Å². The second-order valence-electron chi connectivity index (χ2n) is 6.80. The Balaban J connectivity index is 1.49. The summed E-state index contributed by atoms with van der Waals surface area (Å²) in [6.07, 6.45) is 1.53. The summed E-state index contributed by atoms with van der Waals surface area (Å²) in [4.78, 5) is 26.5. The van der Waals surface area contributed by atoms with Gasteiger partial charge in [-0.05, 0) is 44.2 Å². The van der Waals surface area contributed by atoms with Crippen LogP contribution in [0, 0.1) is 13.8 Å². The Morgan fingerprint density at radius 1 is 1.00 bits per heavy atom. The van der Waals surface area contributed by atoms with E-state index in [1.54, 1.807) is 25.1 Å². The zero-order chi connectivity index (χ0) is 20.7. The molecule has 0 radical (unpaired) electrons. The minimum absolute atomic E-state index is 0.00721. The Morgan fingerprint density at radius 3 is 2.57 bits per heavy atom. The molecular weight excluding hydrogens is 384 g/mol. The molecule has 8 heteroatoms. The number of esters is 1. The monoisotopic (exact) mass is 400 g/mol. The highest BCUT2D eigenvalue weighted by Gasteiger charge is 2.21. The third kappa shape index (κ3) is 3.08. The van der Waals surface area contributed by atoms with Crippen molar-refractivity contribution in [2.75, 3.05) is 0 Å². The molecule has 0 N–H and O–H groups in total. The highest BCUT2D eigenvalue weighted by Crippen LogP contribution is 2.28. The summed E-state index contributed by atoms with van der Waals surface area (Å²) in [6.45, 7) is 3.58. The summed E-state index contributed by atoms with van der Waals surface area (Å²) in [7, 11) is 0. The van der Waals surface area contributed by atoms with Crippen LogP contribution in [0.1, 0.15) is 27.4 Å². The second kappa shape index (κ2) is 7.07. The largest absolute Gasteiger partial charge is 0.463 e. The number of pyridine rings is 1. The van der Waals surface area contributed by atoms with Crippen LogP contribution in [0.5, 0.6) is 0 Å². The van der Waals surface area contributed by atoms with E-state index in [0.29, 0.717) is 39.5 Å². The molecule has 1 aromatic carbocycles. The maximum absolute atomic E-state index is 13.0. The van der Waals surface area contributed by atoms with Crippen molar-refractivity contribution < 1.29 is 18.5 Å². The number of benzene rings is 1. The molecule has 0 aliphatic rings. The Morgan fingerprint density at radius 2 is 1.80 bits per heavy atom. The Labute approximate surface area is 170 Å². The van der Waals surface area contributed by atoms with Crippen LogP contribution < -0.4 is 0 Å². The molecule has 0 saturated carbocycles. The number of hydrogen-bond donors (Lipinski definition) is 0. The zero-order valence-electron chi connectivity index (χ0n) is 16.2. The summed E-state index contributed by atoms with van der Waals surface area (Å²) in [6, 6.07) is 12.7. The van der Waals surface area contributed by atoms with Gasteiger partial charge in [0.1, 0.15) is 12.3 Å². The van der Waals surface area contributed by atoms with E-state index >= 15 is 0 Å². The average Bonchev–Trinajstić information content (AvgIpc) is 3.42. The standard InChI is InChI=1S/C22H16N4O4/c1-12-18(24-16-7-4-3-6-15(16)23-12)11-29-22(27)14-10-17(19-8-5-9-28-19)25-21-20(14)13(2)26-30-21/h3-10H,11H2,1-2H3. The first-order chi connectivity index (χ1) is 14.6. The third-order valence-electron chi connectivity index (χ3n) is 4.79. The first-order valence-electron chi connectivity index (χ1n) is 9.30. The second-order valence-corrected chi connectivity index (χ2v) is 6.80. The van der Waals surface area contributed by atoms with Gasteiger partial charge in [-0.3, -0.25) is 0 Å². The normalized spacial score (nSPS) is 11.3. The van der Waals surface area contributed by atoms with Gasteiger partial charge in [0.25, 0.3) is 5.71 Å². The highest BCUT2D eigenvalue weighted by molar-refractivity contribution is 6.04. The van der Waals surface area contributed by atoms with E-state index in [1.807, 2.05) is 31.2 Å². The predicted molar refractivity (Wildman–Crippen MR) is 108 cm³/mol. The number of carbonyl (C=O) groups is 1. The predicted octanol–water partition coefficient (Wildman–Crippen LogP) is 4.40.